The van der Waals surface area contributed by atoms with Crippen molar-refractivity contribution in [3.05, 3.63) is 72.2 Å². The number of benzene rings is 1. The molecule has 0 spiro atoms. The average Bonchev–Trinajstić information content (AvgIpc) is 3.30. The number of nitrogens with one attached hydrogen (secondary N) is 1. The lowest BCUT2D eigenvalue weighted by molar-refractivity contribution is 0.0401. The van der Waals surface area contributed by atoms with Gasteiger partial charge in [0.05, 0.1) is 35.4 Å². The van der Waals surface area contributed by atoms with Gasteiger partial charge in [-0.1, -0.05) is 45.0 Å². The van der Waals surface area contributed by atoms with Crippen LogP contribution in [-0.2, 0) is 28.1 Å². The molecule has 4 aromatic rings. The van der Waals surface area contributed by atoms with E-state index in [-0.39, 0.29) is 5.04 Å². The Bertz CT molecular complexity index is 1490. The number of aliphatic hydroxyl groups is 1. The summed E-state index contributed by atoms with van der Waals surface area (Å²) in [5, 5.41) is 16.8. The Kier molecular flexibility index (Phi) is 8.35. The smallest absolute Gasteiger partial charge is 0.197 e. The maximum absolute atomic E-state index is 12.6. The van der Waals surface area contributed by atoms with E-state index >= 15 is 0 Å². The molecule has 0 aliphatic carbocycles. The van der Waals surface area contributed by atoms with E-state index in [1.165, 1.54) is 0 Å². The lowest BCUT2D eigenvalue weighted by Gasteiger charge is -2.36. The van der Waals surface area contributed by atoms with Crippen LogP contribution < -0.4 is 4.72 Å². The van der Waals surface area contributed by atoms with Crippen LogP contribution in [0.15, 0.2) is 60.8 Å². The van der Waals surface area contributed by atoms with Gasteiger partial charge in [-0.3, -0.25) is 0 Å². The molecule has 214 valence electrons. The summed E-state index contributed by atoms with van der Waals surface area (Å²) in [6.07, 6.45) is 1.82. The Morgan fingerprint density at radius 3 is 2.35 bits per heavy atom. The van der Waals surface area contributed by atoms with Crippen molar-refractivity contribution in [1.29, 1.82) is 0 Å². The molecule has 10 heteroatoms. The largest absolute Gasteiger partial charge is 0.598 e. The first-order valence-electron chi connectivity index (χ1n) is 13.5. The molecule has 40 heavy (non-hydrogen) atoms. The molecule has 0 aliphatic heterocycles. The molecule has 2 unspecified atom stereocenters. The zero-order valence-electron chi connectivity index (χ0n) is 24.9. The molecule has 0 bridgehead atoms. The second-order valence-corrected chi connectivity index (χ2v) is 19.6. The van der Waals surface area contributed by atoms with Crippen molar-refractivity contribution in [3.63, 3.8) is 0 Å². The van der Waals surface area contributed by atoms with E-state index in [1.807, 2.05) is 80.2 Å². The van der Waals surface area contributed by atoms with Crippen LogP contribution in [0.4, 0.5) is 0 Å². The number of hydrogen-bond donors (Lipinski definition) is 2. The monoisotopic (exact) mass is 579 g/mol. The number of aromatic nitrogens is 4. The Balaban J connectivity index is 1.63. The summed E-state index contributed by atoms with van der Waals surface area (Å²) >= 11 is -1.47. The highest BCUT2D eigenvalue weighted by Gasteiger charge is 2.38. The van der Waals surface area contributed by atoms with Crippen molar-refractivity contribution < 1.29 is 14.1 Å². The number of pyridine rings is 2. The van der Waals surface area contributed by atoms with Crippen LogP contribution in [0.1, 0.15) is 59.9 Å². The fourth-order valence-corrected chi connectivity index (χ4v) is 5.46. The van der Waals surface area contributed by atoms with Crippen molar-refractivity contribution in [2.45, 2.75) is 83.7 Å². The van der Waals surface area contributed by atoms with Gasteiger partial charge in [0.1, 0.15) is 4.75 Å². The first-order valence-corrected chi connectivity index (χ1v) is 17.5. The fraction of sp³-hybridized carbons (Fsp3) is 0.433. The molecular formula is C30H41N5O3SSi. The van der Waals surface area contributed by atoms with Gasteiger partial charge < -0.3 is 14.1 Å². The molecule has 2 atom stereocenters. The molecule has 1 aromatic carbocycles. The van der Waals surface area contributed by atoms with Gasteiger partial charge in [-0.05, 0) is 76.2 Å². The van der Waals surface area contributed by atoms with Crippen LogP contribution in [0.25, 0.3) is 28.0 Å². The van der Waals surface area contributed by atoms with Gasteiger partial charge in [-0.25, -0.2) is 14.6 Å². The minimum absolute atomic E-state index is 0.123. The van der Waals surface area contributed by atoms with Gasteiger partial charge in [-0.2, -0.15) is 5.10 Å². The molecule has 0 aliphatic rings. The van der Waals surface area contributed by atoms with Gasteiger partial charge >= 0.3 is 0 Å². The Morgan fingerprint density at radius 2 is 1.68 bits per heavy atom. The predicted molar refractivity (Wildman–Crippen MR) is 165 cm³/mol. The topological polar surface area (TPSA) is 108 Å². The summed E-state index contributed by atoms with van der Waals surface area (Å²) in [5.74, 6) is 0.710. The average molecular weight is 580 g/mol. The molecule has 8 nitrogen and oxygen atoms in total. The quantitative estimate of drug-likeness (QED) is 0.145. The van der Waals surface area contributed by atoms with Gasteiger partial charge in [0.2, 0.25) is 0 Å². The van der Waals surface area contributed by atoms with Gasteiger partial charge in [0.25, 0.3) is 0 Å². The molecule has 3 heterocycles. The van der Waals surface area contributed by atoms with Crippen LogP contribution in [-0.4, -0.2) is 42.5 Å². The van der Waals surface area contributed by atoms with Crippen LogP contribution in [0, 0.1) is 0 Å². The molecule has 0 amide bonds. The van der Waals surface area contributed by atoms with Crippen molar-refractivity contribution in [1.82, 2.24) is 24.5 Å². The third-order valence-electron chi connectivity index (χ3n) is 7.36. The fourth-order valence-electron chi connectivity index (χ4n) is 3.75. The van der Waals surface area contributed by atoms with E-state index in [2.05, 4.69) is 43.7 Å². The standard InChI is InChI=1S/C30H41N5O3SSi/c1-28(2,3)39(37)34-30(7,36)26-14-11-13-24(33-26)21-16-17-22-19-31-35(25(22)18-21)27-15-10-12-23(32-27)20-38-40(8,9)29(4,5)6/h10-19,34,36H,20H2,1-9H3. The first kappa shape index (κ1) is 30.4. The lowest BCUT2D eigenvalue weighted by Crippen LogP contribution is -2.50. The summed E-state index contributed by atoms with van der Waals surface area (Å²) in [6, 6.07) is 17.3. The normalized spacial score (nSPS) is 15.3. The second kappa shape index (κ2) is 11.0. The van der Waals surface area contributed by atoms with E-state index in [0.717, 1.165) is 22.2 Å². The van der Waals surface area contributed by atoms with Crippen LogP contribution in [0.2, 0.25) is 18.1 Å². The van der Waals surface area contributed by atoms with E-state index in [1.54, 1.807) is 13.0 Å². The third kappa shape index (κ3) is 6.64. The molecule has 4 rings (SSSR count). The number of rotatable bonds is 8. The maximum Gasteiger partial charge on any atom is 0.197 e. The number of nitrogens with zero attached hydrogens (tertiary/aromatic N) is 4. The SMILES string of the molecule is CC(O)(N[S+]([O-])C(C)(C)C)c1cccc(-c2ccc3cnn(-c4cccc(CO[Si](C)(C)C(C)(C)C)n4)c3c2)n1. The lowest BCUT2D eigenvalue weighted by atomic mass is 10.1. The number of fused-ring (bicyclic) bond motifs is 1. The van der Waals surface area contributed by atoms with Gasteiger partial charge in [-0.15, -0.1) is 4.72 Å². The Hall–Kier alpha value is -2.60. The van der Waals surface area contributed by atoms with E-state index in [9.17, 15) is 9.66 Å². The zero-order valence-corrected chi connectivity index (χ0v) is 26.8. The highest BCUT2D eigenvalue weighted by molar-refractivity contribution is 7.90. The van der Waals surface area contributed by atoms with E-state index in [0.29, 0.717) is 23.8 Å². The molecule has 0 saturated carbocycles. The molecule has 0 radical (unpaired) electrons. The zero-order chi connectivity index (χ0) is 29.5. The summed E-state index contributed by atoms with van der Waals surface area (Å²) in [7, 11) is -1.91. The minimum atomic E-state index is -1.91. The van der Waals surface area contributed by atoms with Crippen LogP contribution in [0.5, 0.6) is 0 Å². The van der Waals surface area contributed by atoms with Crippen molar-refractivity contribution in [2.24, 2.45) is 0 Å². The van der Waals surface area contributed by atoms with Crippen LogP contribution in [0.3, 0.4) is 0 Å². The Morgan fingerprint density at radius 1 is 0.975 bits per heavy atom. The first-order chi connectivity index (χ1) is 18.5. The minimum Gasteiger partial charge on any atom is -0.598 e. The van der Waals surface area contributed by atoms with Gasteiger partial charge in [0, 0.05) is 22.3 Å². The van der Waals surface area contributed by atoms with E-state index < -0.39 is 30.2 Å². The van der Waals surface area contributed by atoms with Crippen molar-refractivity contribution >= 4 is 30.6 Å². The van der Waals surface area contributed by atoms with E-state index in [4.69, 9.17) is 14.4 Å². The van der Waals surface area contributed by atoms with Crippen LogP contribution >= 0.6 is 0 Å². The van der Waals surface area contributed by atoms with Gasteiger partial charge in [0.15, 0.2) is 19.9 Å². The Labute approximate surface area is 241 Å². The molecule has 2 N–H and O–H groups in total. The molecule has 0 fully saturated rings. The highest BCUT2D eigenvalue weighted by Crippen LogP contribution is 2.37. The number of hydrogen-bond acceptors (Lipinski definition) is 7. The molecule has 3 aromatic heterocycles. The third-order valence-corrected chi connectivity index (χ3v) is 13.5. The highest BCUT2D eigenvalue weighted by atomic mass is 32.2. The summed E-state index contributed by atoms with van der Waals surface area (Å²) < 4.78 is 23.1. The maximum atomic E-state index is 12.6. The molecule has 0 saturated heterocycles. The summed E-state index contributed by atoms with van der Waals surface area (Å²) in [5.41, 5.74) is 2.10. The predicted octanol–water partition coefficient (Wildman–Crippen LogP) is 6.22. The second-order valence-electron chi connectivity index (χ2n) is 12.8. The summed E-state index contributed by atoms with van der Waals surface area (Å²) in [4.78, 5) is 9.58. The van der Waals surface area contributed by atoms with Crippen molar-refractivity contribution in [3.8, 4) is 17.1 Å². The molecular weight excluding hydrogens is 539 g/mol. The summed E-state index contributed by atoms with van der Waals surface area (Å²) in [6.45, 7) is 18.7. The van der Waals surface area contributed by atoms with Crippen molar-refractivity contribution in [2.75, 3.05) is 0 Å².